The summed E-state index contributed by atoms with van der Waals surface area (Å²) < 4.78 is 10.9. The van der Waals surface area contributed by atoms with Crippen LogP contribution in [0.2, 0.25) is 0 Å². The maximum atomic E-state index is 8.83. The van der Waals surface area contributed by atoms with Gasteiger partial charge in [0.15, 0.2) is 0 Å². The topological polar surface area (TPSA) is 58.9 Å². The monoisotopic (exact) mass is 354 g/mol. The normalized spacial score (nSPS) is 16.8. The molecule has 0 aromatic heterocycles. The zero-order valence-electron chi connectivity index (χ0n) is 14.9. The van der Waals surface area contributed by atoms with Crippen molar-refractivity contribution in [3.05, 3.63) is 65.7 Å². The van der Waals surface area contributed by atoms with Crippen LogP contribution in [-0.4, -0.2) is 36.6 Å². The number of hydrogen-bond acceptors (Lipinski definition) is 4. The highest BCUT2D eigenvalue weighted by atomic mass is 16.5. The predicted octanol–water partition coefficient (Wildman–Crippen LogP) is 3.78. The molecule has 0 spiro atoms. The van der Waals surface area contributed by atoms with Gasteiger partial charge in [-0.25, -0.2) is 0 Å². The SMILES string of the molecule is OCCOc1ccc(C2=CCCC(c3ccc(OCCO)cc3)C2)cc1. The molecule has 1 atom stereocenters. The van der Waals surface area contributed by atoms with Crippen molar-refractivity contribution in [3.63, 3.8) is 0 Å². The molecule has 0 amide bonds. The van der Waals surface area contributed by atoms with Crippen LogP contribution < -0.4 is 9.47 Å². The van der Waals surface area contributed by atoms with Gasteiger partial charge in [-0.3, -0.25) is 0 Å². The quantitative estimate of drug-likeness (QED) is 0.757. The number of rotatable bonds is 8. The Kier molecular flexibility index (Phi) is 6.69. The van der Waals surface area contributed by atoms with Crippen molar-refractivity contribution >= 4 is 5.57 Å². The van der Waals surface area contributed by atoms with Crippen LogP contribution in [0.1, 0.15) is 36.3 Å². The van der Waals surface area contributed by atoms with Crippen LogP contribution in [0.3, 0.4) is 0 Å². The van der Waals surface area contributed by atoms with E-state index in [2.05, 4.69) is 30.3 Å². The summed E-state index contributed by atoms with van der Waals surface area (Å²) in [6.45, 7) is 0.705. The molecule has 0 aliphatic heterocycles. The van der Waals surface area contributed by atoms with Crippen molar-refractivity contribution in [2.75, 3.05) is 26.4 Å². The summed E-state index contributed by atoms with van der Waals surface area (Å²) in [5.41, 5.74) is 3.93. The van der Waals surface area contributed by atoms with E-state index in [0.29, 0.717) is 19.1 Å². The van der Waals surface area contributed by atoms with Crippen molar-refractivity contribution in [1.29, 1.82) is 0 Å². The lowest BCUT2D eigenvalue weighted by Gasteiger charge is -2.24. The predicted molar refractivity (Wildman–Crippen MR) is 103 cm³/mol. The van der Waals surface area contributed by atoms with E-state index in [4.69, 9.17) is 19.7 Å². The van der Waals surface area contributed by atoms with Gasteiger partial charge in [-0.1, -0.05) is 30.3 Å². The van der Waals surface area contributed by atoms with E-state index in [1.54, 1.807) is 0 Å². The summed E-state index contributed by atoms with van der Waals surface area (Å²) in [5.74, 6) is 2.09. The third-order valence-corrected chi connectivity index (χ3v) is 4.67. The molecule has 1 aliphatic carbocycles. The van der Waals surface area contributed by atoms with Crippen LogP contribution in [0.25, 0.3) is 5.57 Å². The first-order chi connectivity index (χ1) is 12.8. The Bertz CT molecular complexity index is 704. The molecule has 0 radical (unpaired) electrons. The lowest BCUT2D eigenvalue weighted by molar-refractivity contribution is 0.201. The van der Waals surface area contributed by atoms with Gasteiger partial charge in [-0.2, -0.15) is 0 Å². The van der Waals surface area contributed by atoms with Gasteiger partial charge in [0.2, 0.25) is 0 Å². The first-order valence-corrected chi connectivity index (χ1v) is 9.17. The number of aliphatic hydroxyl groups is 2. The fourth-order valence-corrected chi connectivity index (χ4v) is 3.36. The summed E-state index contributed by atoms with van der Waals surface area (Å²) >= 11 is 0. The van der Waals surface area contributed by atoms with E-state index in [-0.39, 0.29) is 13.2 Å². The van der Waals surface area contributed by atoms with Crippen LogP contribution in [0.5, 0.6) is 11.5 Å². The lowest BCUT2D eigenvalue weighted by Crippen LogP contribution is -2.06. The van der Waals surface area contributed by atoms with Gasteiger partial charge in [0.05, 0.1) is 13.2 Å². The van der Waals surface area contributed by atoms with Gasteiger partial charge in [-0.05, 0) is 66.1 Å². The molecule has 0 heterocycles. The molecule has 2 aromatic rings. The van der Waals surface area contributed by atoms with Gasteiger partial charge < -0.3 is 19.7 Å². The largest absolute Gasteiger partial charge is 0.491 e. The molecule has 2 aromatic carbocycles. The number of hydrogen-bond donors (Lipinski definition) is 2. The van der Waals surface area contributed by atoms with Crippen molar-refractivity contribution in [2.45, 2.75) is 25.2 Å². The Labute approximate surface area is 154 Å². The second kappa shape index (κ2) is 9.41. The average molecular weight is 354 g/mol. The van der Waals surface area contributed by atoms with E-state index in [9.17, 15) is 0 Å². The van der Waals surface area contributed by atoms with Crippen LogP contribution in [0.4, 0.5) is 0 Å². The maximum Gasteiger partial charge on any atom is 0.119 e. The minimum atomic E-state index is 0.0262. The third kappa shape index (κ3) is 4.87. The Morgan fingerprint density at radius 1 is 0.808 bits per heavy atom. The highest BCUT2D eigenvalue weighted by molar-refractivity contribution is 5.67. The average Bonchev–Trinajstić information content (AvgIpc) is 2.71. The number of benzene rings is 2. The van der Waals surface area contributed by atoms with Gasteiger partial charge >= 0.3 is 0 Å². The fraction of sp³-hybridized carbons (Fsp3) is 0.364. The van der Waals surface area contributed by atoms with Crippen molar-refractivity contribution in [1.82, 2.24) is 0 Å². The minimum Gasteiger partial charge on any atom is -0.491 e. The van der Waals surface area contributed by atoms with Crippen LogP contribution in [0, 0.1) is 0 Å². The molecule has 3 rings (SSSR count). The number of ether oxygens (including phenoxy) is 2. The number of aliphatic hydroxyl groups excluding tert-OH is 2. The third-order valence-electron chi connectivity index (χ3n) is 4.67. The highest BCUT2D eigenvalue weighted by Gasteiger charge is 2.18. The van der Waals surface area contributed by atoms with E-state index >= 15 is 0 Å². The van der Waals surface area contributed by atoms with Crippen molar-refractivity contribution in [2.24, 2.45) is 0 Å². The second-order valence-electron chi connectivity index (χ2n) is 6.45. The Hall–Kier alpha value is -2.30. The Morgan fingerprint density at radius 2 is 1.38 bits per heavy atom. The van der Waals surface area contributed by atoms with Crippen LogP contribution >= 0.6 is 0 Å². The van der Waals surface area contributed by atoms with Crippen LogP contribution in [-0.2, 0) is 0 Å². The Balaban J connectivity index is 1.64. The summed E-state index contributed by atoms with van der Waals surface area (Å²) in [5, 5.41) is 17.7. The number of allylic oxidation sites excluding steroid dienone is 2. The van der Waals surface area contributed by atoms with Gasteiger partial charge in [0.25, 0.3) is 0 Å². The molecule has 138 valence electrons. The first-order valence-electron chi connectivity index (χ1n) is 9.17. The van der Waals surface area contributed by atoms with E-state index in [1.165, 1.54) is 16.7 Å². The first kappa shape index (κ1) is 18.5. The molecule has 0 saturated heterocycles. The molecular weight excluding hydrogens is 328 g/mol. The molecule has 4 nitrogen and oxygen atoms in total. The molecule has 0 fully saturated rings. The molecule has 0 bridgehead atoms. The molecule has 26 heavy (non-hydrogen) atoms. The summed E-state index contributed by atoms with van der Waals surface area (Å²) in [4.78, 5) is 0. The summed E-state index contributed by atoms with van der Waals surface area (Å²) in [6.07, 6.45) is 5.58. The molecule has 2 N–H and O–H groups in total. The Morgan fingerprint density at radius 3 is 1.96 bits per heavy atom. The highest BCUT2D eigenvalue weighted by Crippen LogP contribution is 2.38. The van der Waals surface area contributed by atoms with Gasteiger partial charge in [-0.15, -0.1) is 0 Å². The molecule has 4 heteroatoms. The molecule has 0 saturated carbocycles. The smallest absolute Gasteiger partial charge is 0.119 e. The molecular formula is C22H26O4. The minimum absolute atomic E-state index is 0.0262. The standard InChI is InChI=1S/C22H26O4/c23-12-14-25-21-8-4-17(5-9-21)19-2-1-3-20(16-19)18-6-10-22(11-7-18)26-15-13-24/h2,4-11,20,23-24H,1,3,12-16H2. The fourth-order valence-electron chi connectivity index (χ4n) is 3.36. The zero-order valence-corrected chi connectivity index (χ0v) is 14.9. The lowest BCUT2D eigenvalue weighted by atomic mass is 9.81. The van der Waals surface area contributed by atoms with Crippen molar-refractivity contribution < 1.29 is 19.7 Å². The second-order valence-corrected chi connectivity index (χ2v) is 6.45. The van der Waals surface area contributed by atoms with Crippen molar-refractivity contribution in [3.8, 4) is 11.5 Å². The summed E-state index contributed by atoms with van der Waals surface area (Å²) in [7, 11) is 0. The van der Waals surface area contributed by atoms with E-state index < -0.39 is 0 Å². The maximum absolute atomic E-state index is 8.83. The van der Waals surface area contributed by atoms with E-state index in [0.717, 1.165) is 30.8 Å². The van der Waals surface area contributed by atoms with Gasteiger partial charge in [0.1, 0.15) is 24.7 Å². The summed E-state index contributed by atoms with van der Waals surface area (Å²) in [6, 6.07) is 16.3. The molecule has 1 aliphatic rings. The van der Waals surface area contributed by atoms with Gasteiger partial charge in [0, 0.05) is 0 Å². The molecule has 1 unspecified atom stereocenters. The van der Waals surface area contributed by atoms with E-state index in [1.807, 2.05) is 24.3 Å². The van der Waals surface area contributed by atoms with Crippen LogP contribution in [0.15, 0.2) is 54.6 Å². The zero-order chi connectivity index (χ0) is 18.2.